The SMILES string of the molecule is CCCCCCCCCCCCCC/C=C\CCCCCCCCCCCCCCCCCCCC(=O)NC(CO)C(O)C(O)CCCCCCCCCCCCCCCC. The monoisotopic (exact) mass is 862 g/mol. The Morgan fingerprint density at radius 1 is 0.393 bits per heavy atom. The van der Waals surface area contributed by atoms with Crippen LogP contribution in [0.4, 0.5) is 0 Å². The minimum atomic E-state index is -1.13. The van der Waals surface area contributed by atoms with E-state index in [1.165, 1.54) is 257 Å². The zero-order valence-electron chi connectivity index (χ0n) is 41.6. The second kappa shape index (κ2) is 51.7. The molecule has 0 aliphatic heterocycles. The number of amides is 1. The van der Waals surface area contributed by atoms with Crippen LogP contribution in [0.25, 0.3) is 0 Å². The Morgan fingerprint density at radius 3 is 0.951 bits per heavy atom. The Hall–Kier alpha value is -0.910. The fourth-order valence-corrected chi connectivity index (χ4v) is 9.04. The highest BCUT2D eigenvalue weighted by Crippen LogP contribution is 2.18. The van der Waals surface area contributed by atoms with Crippen LogP contribution in [-0.2, 0) is 4.79 Å². The maximum Gasteiger partial charge on any atom is 0.220 e. The number of carbonyl (C=O) groups is 1. The topological polar surface area (TPSA) is 89.8 Å². The first kappa shape index (κ1) is 60.1. The smallest absolute Gasteiger partial charge is 0.220 e. The summed E-state index contributed by atoms with van der Waals surface area (Å²) in [6, 6.07) is -0.805. The van der Waals surface area contributed by atoms with Crippen LogP contribution in [0.2, 0.25) is 0 Å². The van der Waals surface area contributed by atoms with Crippen molar-refractivity contribution in [2.24, 2.45) is 0 Å². The highest BCUT2D eigenvalue weighted by molar-refractivity contribution is 5.76. The first-order chi connectivity index (χ1) is 30.1. The molecule has 4 N–H and O–H groups in total. The van der Waals surface area contributed by atoms with Crippen LogP contribution in [0.15, 0.2) is 12.2 Å². The van der Waals surface area contributed by atoms with E-state index in [-0.39, 0.29) is 12.5 Å². The van der Waals surface area contributed by atoms with E-state index in [1.54, 1.807) is 0 Å². The Morgan fingerprint density at radius 2 is 0.656 bits per heavy atom. The molecule has 0 aromatic rings. The molecule has 3 atom stereocenters. The van der Waals surface area contributed by atoms with E-state index >= 15 is 0 Å². The predicted molar refractivity (Wildman–Crippen MR) is 269 cm³/mol. The molecule has 0 spiro atoms. The number of aliphatic hydroxyl groups excluding tert-OH is 3. The lowest BCUT2D eigenvalue weighted by Gasteiger charge is -2.26. The van der Waals surface area contributed by atoms with Gasteiger partial charge >= 0.3 is 0 Å². The zero-order valence-corrected chi connectivity index (χ0v) is 41.6. The van der Waals surface area contributed by atoms with E-state index in [9.17, 15) is 20.1 Å². The van der Waals surface area contributed by atoms with Gasteiger partial charge in [-0.15, -0.1) is 0 Å². The van der Waals surface area contributed by atoms with Crippen LogP contribution in [0, 0.1) is 0 Å². The Bertz CT molecular complexity index is 864. The number of rotatable bonds is 52. The van der Waals surface area contributed by atoms with Gasteiger partial charge in [0.2, 0.25) is 5.91 Å². The molecule has 5 nitrogen and oxygen atoms in total. The van der Waals surface area contributed by atoms with Gasteiger partial charge in [0, 0.05) is 6.42 Å². The van der Waals surface area contributed by atoms with Crippen LogP contribution in [0.3, 0.4) is 0 Å². The molecule has 0 rings (SSSR count). The second-order valence-electron chi connectivity index (χ2n) is 19.5. The van der Waals surface area contributed by atoms with E-state index in [1.807, 2.05) is 0 Å². The number of nitrogens with one attached hydrogen (secondary N) is 1. The number of allylic oxidation sites excluding steroid dienone is 2. The van der Waals surface area contributed by atoms with Gasteiger partial charge in [-0.3, -0.25) is 4.79 Å². The van der Waals surface area contributed by atoms with Gasteiger partial charge in [0.15, 0.2) is 0 Å². The predicted octanol–water partition coefficient (Wildman–Crippen LogP) is 17.1. The minimum absolute atomic E-state index is 0.139. The third-order valence-corrected chi connectivity index (χ3v) is 13.4. The summed E-state index contributed by atoms with van der Waals surface area (Å²) in [6.07, 6.45) is 63.7. The fraction of sp³-hybridized carbons (Fsp3) is 0.946. The molecule has 0 aliphatic rings. The third-order valence-electron chi connectivity index (χ3n) is 13.4. The summed E-state index contributed by atoms with van der Waals surface area (Å²) in [5.41, 5.74) is 0. The van der Waals surface area contributed by atoms with Gasteiger partial charge in [-0.25, -0.2) is 0 Å². The van der Waals surface area contributed by atoms with E-state index < -0.39 is 18.2 Å². The molecule has 364 valence electrons. The quantitative estimate of drug-likeness (QED) is 0.0362. The summed E-state index contributed by atoms with van der Waals surface area (Å²) in [4.78, 5) is 12.5. The normalized spacial score (nSPS) is 13.3. The molecule has 0 aromatic carbocycles. The molecule has 0 bridgehead atoms. The summed E-state index contributed by atoms with van der Waals surface area (Å²) in [5.74, 6) is -0.139. The maximum absolute atomic E-state index is 12.5. The molecule has 0 fully saturated rings. The van der Waals surface area contributed by atoms with Crippen LogP contribution in [0.5, 0.6) is 0 Å². The van der Waals surface area contributed by atoms with Crippen molar-refractivity contribution in [2.75, 3.05) is 6.61 Å². The lowest BCUT2D eigenvalue weighted by atomic mass is 9.99. The van der Waals surface area contributed by atoms with Crippen LogP contribution in [0.1, 0.15) is 316 Å². The summed E-state index contributed by atoms with van der Waals surface area (Å²) >= 11 is 0. The molecule has 61 heavy (non-hydrogen) atoms. The molecule has 5 heteroatoms. The lowest BCUT2D eigenvalue weighted by Crippen LogP contribution is -2.50. The van der Waals surface area contributed by atoms with Crippen molar-refractivity contribution in [1.82, 2.24) is 5.32 Å². The molecule has 0 aromatic heterocycles. The van der Waals surface area contributed by atoms with Crippen molar-refractivity contribution >= 4 is 5.91 Å². The molecule has 0 heterocycles. The van der Waals surface area contributed by atoms with Crippen molar-refractivity contribution in [2.45, 2.75) is 334 Å². The average molecular weight is 863 g/mol. The number of hydrogen-bond acceptors (Lipinski definition) is 4. The molecule has 0 saturated heterocycles. The summed E-state index contributed by atoms with van der Waals surface area (Å²) in [5, 5.41) is 33.7. The molecular weight excluding hydrogens is 751 g/mol. The number of aliphatic hydroxyl groups is 3. The number of carbonyl (C=O) groups excluding carboxylic acids is 1. The highest BCUT2D eigenvalue weighted by Gasteiger charge is 2.26. The maximum atomic E-state index is 12.5. The van der Waals surface area contributed by atoms with Gasteiger partial charge < -0.3 is 20.6 Å². The lowest BCUT2D eigenvalue weighted by molar-refractivity contribution is -0.124. The van der Waals surface area contributed by atoms with Crippen LogP contribution >= 0.6 is 0 Å². The van der Waals surface area contributed by atoms with Gasteiger partial charge in [-0.05, 0) is 38.5 Å². The van der Waals surface area contributed by atoms with Crippen molar-refractivity contribution in [3.05, 3.63) is 12.2 Å². The molecule has 3 unspecified atom stereocenters. The Labute approximate surface area is 382 Å². The van der Waals surface area contributed by atoms with Gasteiger partial charge in [0.1, 0.15) is 6.10 Å². The van der Waals surface area contributed by atoms with Crippen molar-refractivity contribution < 1.29 is 20.1 Å². The van der Waals surface area contributed by atoms with E-state index in [0.717, 1.165) is 32.1 Å². The number of hydrogen-bond donors (Lipinski definition) is 4. The van der Waals surface area contributed by atoms with Crippen LogP contribution < -0.4 is 5.32 Å². The molecule has 1 amide bonds. The zero-order chi connectivity index (χ0) is 44.4. The first-order valence-corrected chi connectivity index (χ1v) is 28.0. The van der Waals surface area contributed by atoms with Crippen molar-refractivity contribution in [3.8, 4) is 0 Å². The molecule has 0 aliphatic carbocycles. The number of unbranched alkanes of at least 4 members (excludes halogenated alkanes) is 42. The fourth-order valence-electron chi connectivity index (χ4n) is 9.04. The van der Waals surface area contributed by atoms with Crippen molar-refractivity contribution in [3.63, 3.8) is 0 Å². The first-order valence-electron chi connectivity index (χ1n) is 28.0. The van der Waals surface area contributed by atoms with Gasteiger partial charge in [0.25, 0.3) is 0 Å². The van der Waals surface area contributed by atoms with Gasteiger partial charge in [0.05, 0.1) is 18.8 Å². The van der Waals surface area contributed by atoms with E-state index in [4.69, 9.17) is 0 Å². The van der Waals surface area contributed by atoms with Gasteiger partial charge in [-0.1, -0.05) is 283 Å². The van der Waals surface area contributed by atoms with Crippen molar-refractivity contribution in [1.29, 1.82) is 0 Å². The average Bonchev–Trinajstić information content (AvgIpc) is 3.26. The molecular formula is C56H111NO4. The van der Waals surface area contributed by atoms with E-state index in [2.05, 4.69) is 31.3 Å². The minimum Gasteiger partial charge on any atom is -0.394 e. The van der Waals surface area contributed by atoms with E-state index in [0.29, 0.717) is 12.8 Å². The van der Waals surface area contributed by atoms with Crippen LogP contribution in [-0.4, -0.2) is 46.1 Å². The largest absolute Gasteiger partial charge is 0.394 e. The summed E-state index contributed by atoms with van der Waals surface area (Å²) in [7, 11) is 0. The Kier molecular flexibility index (Phi) is 51.0. The summed E-state index contributed by atoms with van der Waals surface area (Å²) in [6.45, 7) is 4.21. The standard InChI is InChI=1S/C56H111NO4/c1-3-5-7-9-11-13-15-17-19-20-21-22-23-24-25-26-27-28-29-30-31-32-33-34-35-36-37-39-41-43-45-47-49-51-55(60)57-53(52-58)56(61)54(59)50-48-46-44-42-40-38-18-16-14-12-10-8-6-4-2/h24-25,53-54,56,58-59,61H,3-23,26-52H2,1-2H3,(H,57,60)/b25-24-. The Balaban J connectivity index is 3.45. The molecule has 0 saturated carbocycles. The molecule has 0 radical (unpaired) electrons. The third kappa shape index (κ3) is 46.9. The second-order valence-corrected chi connectivity index (χ2v) is 19.5. The summed E-state index contributed by atoms with van der Waals surface area (Å²) < 4.78 is 0. The van der Waals surface area contributed by atoms with Gasteiger partial charge in [-0.2, -0.15) is 0 Å². The highest BCUT2D eigenvalue weighted by atomic mass is 16.3.